The highest BCUT2D eigenvalue weighted by molar-refractivity contribution is 5.97. The summed E-state index contributed by atoms with van der Waals surface area (Å²) < 4.78 is 22.9. The number of aromatic nitrogens is 3. The number of benzene rings is 2. The van der Waals surface area contributed by atoms with Gasteiger partial charge in [-0.2, -0.15) is 5.26 Å². The average Bonchev–Trinajstić information content (AvgIpc) is 3.50. The average molecular weight is 483 g/mol. The van der Waals surface area contributed by atoms with Gasteiger partial charge in [-0.05, 0) is 37.1 Å². The predicted molar refractivity (Wildman–Crippen MR) is 133 cm³/mol. The number of nitriles is 1. The third-order valence-corrected chi connectivity index (χ3v) is 6.28. The number of ether oxygens (including phenoxy) is 1. The Kier molecular flexibility index (Phi) is 6.09. The smallest absolute Gasteiger partial charge is 0.264 e. The van der Waals surface area contributed by atoms with E-state index in [1.165, 1.54) is 6.07 Å². The maximum Gasteiger partial charge on any atom is 0.264 e. The van der Waals surface area contributed by atoms with Crippen LogP contribution in [-0.2, 0) is 11.2 Å². The molecule has 0 radical (unpaired) electrons. The molecular weight excluding hydrogens is 459 g/mol. The molecule has 180 valence electrons. The first-order valence-electron chi connectivity index (χ1n) is 11.5. The van der Waals surface area contributed by atoms with Gasteiger partial charge in [-0.3, -0.25) is 9.20 Å². The molecule has 8 nitrogen and oxygen atoms in total. The van der Waals surface area contributed by atoms with Crippen molar-refractivity contribution in [2.75, 3.05) is 12.3 Å². The number of nitrogens with two attached hydrogens (primary N) is 1. The molecule has 2 aromatic heterocycles. The number of hydrogen-bond acceptors (Lipinski definition) is 6. The summed E-state index contributed by atoms with van der Waals surface area (Å²) in [5.74, 6) is 0.902. The molecule has 3 heterocycles. The topological polar surface area (TPSA) is 110 Å². The van der Waals surface area contributed by atoms with Crippen molar-refractivity contribution in [3.8, 4) is 28.8 Å². The van der Waals surface area contributed by atoms with Crippen LogP contribution in [0, 0.1) is 17.1 Å². The lowest BCUT2D eigenvalue weighted by Gasteiger charge is -2.23. The molecule has 1 aliphatic rings. The number of nitrogens with zero attached hydrogens (tertiary/aromatic N) is 5. The molecule has 36 heavy (non-hydrogen) atoms. The van der Waals surface area contributed by atoms with Gasteiger partial charge in [0.05, 0.1) is 0 Å². The summed E-state index contributed by atoms with van der Waals surface area (Å²) in [4.78, 5) is 23.2. The van der Waals surface area contributed by atoms with Crippen molar-refractivity contribution in [3.05, 3.63) is 84.7 Å². The maximum atomic E-state index is 15.3. The number of carbonyl (C=O) groups is 1. The van der Waals surface area contributed by atoms with Crippen molar-refractivity contribution < 1.29 is 13.9 Å². The van der Waals surface area contributed by atoms with Gasteiger partial charge in [-0.15, -0.1) is 0 Å². The van der Waals surface area contributed by atoms with Crippen LogP contribution in [0.3, 0.4) is 0 Å². The number of imidazole rings is 1. The summed E-state index contributed by atoms with van der Waals surface area (Å²) >= 11 is 0. The van der Waals surface area contributed by atoms with Gasteiger partial charge < -0.3 is 15.4 Å². The van der Waals surface area contributed by atoms with Crippen LogP contribution in [0.4, 0.5) is 10.2 Å². The summed E-state index contributed by atoms with van der Waals surface area (Å²) in [6.45, 7) is 4.10. The monoisotopic (exact) mass is 482 g/mol. The molecule has 2 aromatic carbocycles. The molecule has 0 aliphatic carbocycles. The molecule has 2 N–H and O–H groups in total. The Labute approximate surface area is 207 Å². The summed E-state index contributed by atoms with van der Waals surface area (Å²) in [5.41, 5.74) is 7.21. The Morgan fingerprint density at radius 1 is 1.25 bits per heavy atom. The first kappa shape index (κ1) is 23.1. The Balaban J connectivity index is 1.50. The van der Waals surface area contributed by atoms with Gasteiger partial charge in [0.2, 0.25) is 0 Å². The Hall–Kier alpha value is -4.71. The third-order valence-electron chi connectivity index (χ3n) is 6.28. The van der Waals surface area contributed by atoms with Gasteiger partial charge in [-0.25, -0.2) is 14.4 Å². The fourth-order valence-electron chi connectivity index (χ4n) is 4.58. The SMILES string of the molecule is C=C(C#N)C(=O)N1CCC[C@H]1Cc1nc(-c2ccc(Oc3ccccc3)cc2F)c2c(N)nccn12. The number of para-hydroxylation sites is 1. The highest BCUT2D eigenvalue weighted by Crippen LogP contribution is 2.34. The van der Waals surface area contributed by atoms with E-state index < -0.39 is 5.82 Å². The zero-order valence-electron chi connectivity index (χ0n) is 19.4. The summed E-state index contributed by atoms with van der Waals surface area (Å²) in [6.07, 6.45) is 5.25. The number of amides is 1. The van der Waals surface area contributed by atoms with Crippen LogP contribution in [0.25, 0.3) is 16.8 Å². The first-order valence-corrected chi connectivity index (χ1v) is 11.5. The van der Waals surface area contributed by atoms with Gasteiger partial charge in [0.15, 0.2) is 0 Å². The molecule has 1 atom stereocenters. The Morgan fingerprint density at radius 3 is 2.81 bits per heavy atom. The lowest BCUT2D eigenvalue weighted by atomic mass is 10.1. The minimum Gasteiger partial charge on any atom is -0.457 e. The number of hydrogen-bond donors (Lipinski definition) is 1. The number of carbonyl (C=O) groups excluding carboxylic acids is 1. The van der Waals surface area contributed by atoms with E-state index in [1.54, 1.807) is 46.0 Å². The van der Waals surface area contributed by atoms with Crippen LogP contribution in [0.2, 0.25) is 0 Å². The van der Waals surface area contributed by atoms with Gasteiger partial charge in [0.25, 0.3) is 5.91 Å². The van der Waals surface area contributed by atoms with Crippen LogP contribution in [0.1, 0.15) is 18.7 Å². The lowest BCUT2D eigenvalue weighted by molar-refractivity contribution is -0.127. The molecule has 1 amide bonds. The van der Waals surface area contributed by atoms with Crippen LogP contribution in [0.5, 0.6) is 11.5 Å². The number of halogens is 1. The molecule has 0 saturated carbocycles. The number of anilines is 1. The molecule has 1 aliphatic heterocycles. The standard InChI is InChI=1S/C27H23FN6O2/c1-17(16-29)27(35)33-12-5-6-18(33)14-23-32-24(25-26(30)31-11-13-34(23)25)21-10-9-20(15-22(21)28)36-19-7-3-2-4-8-19/h2-4,7-11,13,15,18H,1,5-6,12,14H2,(H2,30,31)/t18-/m0/s1. The van der Waals surface area contributed by atoms with Crippen molar-refractivity contribution in [1.82, 2.24) is 19.3 Å². The van der Waals surface area contributed by atoms with E-state index in [2.05, 4.69) is 11.6 Å². The second-order valence-corrected chi connectivity index (χ2v) is 8.55. The van der Waals surface area contributed by atoms with Crippen molar-refractivity contribution >= 4 is 17.2 Å². The van der Waals surface area contributed by atoms with Crippen LogP contribution < -0.4 is 10.5 Å². The summed E-state index contributed by atoms with van der Waals surface area (Å²) in [5, 5.41) is 9.09. The zero-order valence-corrected chi connectivity index (χ0v) is 19.4. The molecule has 1 fully saturated rings. The molecule has 0 spiro atoms. The van der Waals surface area contributed by atoms with E-state index in [4.69, 9.17) is 20.7 Å². The largest absolute Gasteiger partial charge is 0.457 e. The van der Waals surface area contributed by atoms with Crippen LogP contribution >= 0.6 is 0 Å². The van der Waals surface area contributed by atoms with Gasteiger partial charge in [-0.1, -0.05) is 24.8 Å². The van der Waals surface area contributed by atoms with Crippen LogP contribution in [0.15, 0.2) is 73.1 Å². The van der Waals surface area contributed by atoms with E-state index in [1.807, 2.05) is 24.3 Å². The van der Waals surface area contributed by atoms with E-state index >= 15 is 4.39 Å². The maximum absolute atomic E-state index is 15.3. The number of rotatable bonds is 6. The second kappa shape index (κ2) is 9.50. The Morgan fingerprint density at radius 2 is 2.06 bits per heavy atom. The van der Waals surface area contributed by atoms with E-state index in [9.17, 15) is 4.79 Å². The molecule has 5 rings (SSSR count). The van der Waals surface area contributed by atoms with Gasteiger partial charge in [0.1, 0.15) is 51.8 Å². The molecule has 0 unspecified atom stereocenters. The first-order chi connectivity index (χ1) is 17.5. The molecule has 4 aromatic rings. The normalized spacial score (nSPS) is 15.1. The highest BCUT2D eigenvalue weighted by atomic mass is 19.1. The second-order valence-electron chi connectivity index (χ2n) is 8.55. The van der Waals surface area contributed by atoms with Crippen LogP contribution in [-0.4, -0.2) is 37.8 Å². The highest BCUT2D eigenvalue weighted by Gasteiger charge is 2.32. The zero-order chi connectivity index (χ0) is 25.2. The minimum absolute atomic E-state index is 0.0936. The fourth-order valence-corrected chi connectivity index (χ4v) is 4.58. The molecule has 1 saturated heterocycles. The van der Waals surface area contributed by atoms with E-state index in [-0.39, 0.29) is 28.9 Å². The van der Waals surface area contributed by atoms with E-state index in [0.29, 0.717) is 41.5 Å². The minimum atomic E-state index is -0.513. The molecular formula is C27H23FN6O2. The quantitative estimate of drug-likeness (QED) is 0.320. The number of nitrogen functional groups attached to an aromatic ring is 1. The van der Waals surface area contributed by atoms with Crippen molar-refractivity contribution in [3.63, 3.8) is 0 Å². The van der Waals surface area contributed by atoms with Crippen molar-refractivity contribution in [2.45, 2.75) is 25.3 Å². The van der Waals surface area contributed by atoms with Gasteiger partial charge in [0, 0.05) is 43.0 Å². The molecule has 0 bridgehead atoms. The summed E-state index contributed by atoms with van der Waals surface area (Å²) in [6, 6.07) is 15.4. The van der Waals surface area contributed by atoms with Crippen molar-refractivity contribution in [1.29, 1.82) is 5.26 Å². The third kappa shape index (κ3) is 4.25. The van der Waals surface area contributed by atoms with E-state index in [0.717, 1.165) is 12.8 Å². The number of likely N-dealkylation sites (tertiary alicyclic amines) is 1. The predicted octanol–water partition coefficient (Wildman–Crippen LogP) is 4.52. The Bertz CT molecular complexity index is 1510. The molecule has 9 heteroatoms. The number of fused-ring (bicyclic) bond motifs is 1. The fraction of sp³-hybridized carbons (Fsp3) is 0.185. The summed E-state index contributed by atoms with van der Waals surface area (Å²) in [7, 11) is 0. The van der Waals surface area contributed by atoms with Gasteiger partial charge >= 0.3 is 0 Å². The lowest BCUT2D eigenvalue weighted by Crippen LogP contribution is -2.37. The van der Waals surface area contributed by atoms with Crippen molar-refractivity contribution in [2.24, 2.45) is 0 Å².